The molecule has 0 radical (unpaired) electrons. The summed E-state index contributed by atoms with van der Waals surface area (Å²) in [5.74, 6) is 0. The van der Waals surface area contributed by atoms with Crippen molar-refractivity contribution in [1.82, 2.24) is 0 Å². The zero-order chi connectivity index (χ0) is 10.1. The first-order valence-corrected chi connectivity index (χ1v) is 5.98. The highest BCUT2D eigenvalue weighted by molar-refractivity contribution is 4.91. The van der Waals surface area contributed by atoms with Gasteiger partial charge in [0.2, 0.25) is 0 Å². The van der Waals surface area contributed by atoms with Gasteiger partial charge in [-0.15, -0.1) is 0 Å². The van der Waals surface area contributed by atoms with E-state index in [4.69, 9.17) is 4.74 Å². The van der Waals surface area contributed by atoms with Crippen molar-refractivity contribution >= 4 is 0 Å². The lowest BCUT2D eigenvalue weighted by Gasteiger charge is -2.44. The number of rotatable bonds is 1. The minimum atomic E-state index is 0.139. The largest absolute Gasteiger partial charge is 0.375 e. The van der Waals surface area contributed by atoms with Gasteiger partial charge in [0.05, 0.1) is 12.2 Å². The van der Waals surface area contributed by atoms with Crippen LogP contribution in [0.3, 0.4) is 0 Å². The molecule has 0 aromatic rings. The number of hydrogen-bond donors (Lipinski definition) is 2. The van der Waals surface area contributed by atoms with Crippen LogP contribution in [0.1, 0.15) is 33.1 Å². The van der Waals surface area contributed by atoms with Gasteiger partial charge in [-0.05, 0) is 13.3 Å². The summed E-state index contributed by atoms with van der Waals surface area (Å²) in [4.78, 5) is 0. The number of ether oxygens (including phenoxy) is 1. The molecule has 2 heterocycles. The van der Waals surface area contributed by atoms with Gasteiger partial charge >= 0.3 is 0 Å². The molecule has 0 aliphatic carbocycles. The van der Waals surface area contributed by atoms with Crippen molar-refractivity contribution in [2.24, 2.45) is 0 Å². The van der Waals surface area contributed by atoms with E-state index in [1.54, 1.807) is 0 Å². The molecule has 2 aliphatic heterocycles. The van der Waals surface area contributed by atoms with Crippen LogP contribution in [0.15, 0.2) is 0 Å². The summed E-state index contributed by atoms with van der Waals surface area (Å²) in [5.41, 5.74) is 0.626. The molecule has 4 N–H and O–H groups in total. The molecule has 0 aromatic carbocycles. The van der Waals surface area contributed by atoms with Crippen molar-refractivity contribution < 1.29 is 15.4 Å². The van der Waals surface area contributed by atoms with Crippen LogP contribution in [0.25, 0.3) is 0 Å². The van der Waals surface area contributed by atoms with Crippen molar-refractivity contribution in [1.29, 1.82) is 0 Å². The zero-order valence-corrected chi connectivity index (χ0v) is 9.51. The summed E-state index contributed by atoms with van der Waals surface area (Å²) < 4.78 is 5.91. The van der Waals surface area contributed by atoms with Gasteiger partial charge in [-0.25, -0.2) is 0 Å². The van der Waals surface area contributed by atoms with Crippen LogP contribution in [0.5, 0.6) is 0 Å². The molecule has 0 amide bonds. The fourth-order valence-corrected chi connectivity index (χ4v) is 2.94. The summed E-state index contributed by atoms with van der Waals surface area (Å²) in [6.07, 6.45) is 3.61. The van der Waals surface area contributed by atoms with E-state index in [9.17, 15) is 0 Å². The normalized spacial score (nSPS) is 44.1. The number of nitrogens with two attached hydrogens (primary N) is 2. The van der Waals surface area contributed by atoms with Gasteiger partial charge in [0.1, 0.15) is 19.6 Å². The monoisotopic (exact) mass is 200 g/mol. The van der Waals surface area contributed by atoms with Crippen molar-refractivity contribution in [2.45, 2.75) is 44.2 Å². The quantitative estimate of drug-likeness (QED) is 0.551. The number of hydrogen-bond acceptors (Lipinski definition) is 1. The number of quaternary nitrogens is 2. The fraction of sp³-hybridized carbons (Fsp3) is 1.00. The standard InChI is InChI=1S/C11H22N2O/c1-3-10(2)8-11(4-7-14-10)9-12-5-6-13-11/h12-13H,3-9H2,1-2H3/p+2. The highest BCUT2D eigenvalue weighted by Crippen LogP contribution is 2.31. The van der Waals surface area contributed by atoms with E-state index in [1.807, 2.05) is 0 Å². The van der Waals surface area contributed by atoms with Crippen LogP contribution in [-0.2, 0) is 4.74 Å². The van der Waals surface area contributed by atoms with Crippen LogP contribution >= 0.6 is 0 Å². The molecule has 82 valence electrons. The van der Waals surface area contributed by atoms with E-state index in [0.717, 1.165) is 13.0 Å². The Morgan fingerprint density at radius 3 is 2.86 bits per heavy atom. The maximum Gasteiger partial charge on any atom is 0.150 e. The van der Waals surface area contributed by atoms with Gasteiger partial charge < -0.3 is 15.4 Å². The van der Waals surface area contributed by atoms with Gasteiger partial charge in [-0.3, -0.25) is 0 Å². The molecule has 0 bridgehead atoms. The van der Waals surface area contributed by atoms with E-state index in [0.29, 0.717) is 5.54 Å². The Bertz CT molecular complexity index is 196. The van der Waals surface area contributed by atoms with E-state index >= 15 is 0 Å². The second-order valence-electron chi connectivity index (χ2n) is 5.22. The number of piperazine rings is 1. The molecule has 0 aromatic heterocycles. The Morgan fingerprint density at radius 1 is 1.36 bits per heavy atom. The van der Waals surface area contributed by atoms with Gasteiger partial charge in [0.15, 0.2) is 5.54 Å². The topological polar surface area (TPSA) is 42.5 Å². The summed E-state index contributed by atoms with van der Waals surface area (Å²) >= 11 is 0. The molecule has 2 fully saturated rings. The smallest absolute Gasteiger partial charge is 0.150 e. The van der Waals surface area contributed by atoms with Crippen LogP contribution in [-0.4, -0.2) is 37.4 Å². The lowest BCUT2D eigenvalue weighted by molar-refractivity contribution is -0.841. The Hall–Kier alpha value is -0.120. The minimum Gasteiger partial charge on any atom is -0.375 e. The van der Waals surface area contributed by atoms with Crippen molar-refractivity contribution in [3.63, 3.8) is 0 Å². The second kappa shape index (κ2) is 3.80. The van der Waals surface area contributed by atoms with Crippen LogP contribution in [0.4, 0.5) is 0 Å². The first-order valence-electron chi connectivity index (χ1n) is 5.98. The van der Waals surface area contributed by atoms with Crippen LogP contribution in [0.2, 0.25) is 0 Å². The molecule has 2 aliphatic rings. The van der Waals surface area contributed by atoms with E-state index < -0.39 is 0 Å². The first kappa shape index (κ1) is 10.4. The average molecular weight is 200 g/mol. The predicted molar refractivity (Wildman–Crippen MR) is 55.1 cm³/mol. The summed E-state index contributed by atoms with van der Waals surface area (Å²) in [6, 6.07) is 0. The highest BCUT2D eigenvalue weighted by atomic mass is 16.5. The maximum absolute atomic E-state index is 5.91. The average Bonchev–Trinajstić information content (AvgIpc) is 2.19. The molecule has 3 heteroatoms. The Balaban J connectivity index is 2.04. The Labute approximate surface area is 86.6 Å². The SMILES string of the molecule is CCC1(C)CC2(CCO1)C[NH2+]CC[NH2+]2. The molecule has 2 unspecified atom stereocenters. The summed E-state index contributed by atoms with van der Waals surface area (Å²) in [5, 5.41) is 5.05. The van der Waals surface area contributed by atoms with Crippen LogP contribution < -0.4 is 10.6 Å². The molecule has 0 saturated carbocycles. The summed E-state index contributed by atoms with van der Waals surface area (Å²) in [7, 11) is 0. The van der Waals surface area contributed by atoms with Crippen molar-refractivity contribution in [3.05, 3.63) is 0 Å². The lowest BCUT2D eigenvalue weighted by Crippen LogP contribution is -3.13. The molecule has 2 rings (SSSR count). The van der Waals surface area contributed by atoms with E-state index in [1.165, 1.54) is 32.5 Å². The van der Waals surface area contributed by atoms with Gasteiger partial charge in [-0.2, -0.15) is 0 Å². The van der Waals surface area contributed by atoms with Crippen molar-refractivity contribution in [3.8, 4) is 0 Å². The zero-order valence-electron chi connectivity index (χ0n) is 9.51. The van der Waals surface area contributed by atoms with E-state index in [-0.39, 0.29) is 5.60 Å². The third-order valence-corrected chi connectivity index (χ3v) is 4.02. The molecule has 14 heavy (non-hydrogen) atoms. The molecule has 2 saturated heterocycles. The predicted octanol–water partition coefficient (Wildman–Crippen LogP) is -1.16. The summed E-state index contributed by atoms with van der Waals surface area (Å²) in [6.45, 7) is 9.31. The fourth-order valence-electron chi connectivity index (χ4n) is 2.94. The molecule has 2 atom stereocenters. The van der Waals surface area contributed by atoms with Crippen LogP contribution in [0, 0.1) is 0 Å². The lowest BCUT2D eigenvalue weighted by atomic mass is 9.78. The maximum atomic E-state index is 5.91. The highest BCUT2D eigenvalue weighted by Gasteiger charge is 2.47. The van der Waals surface area contributed by atoms with Gasteiger partial charge in [0.25, 0.3) is 0 Å². The minimum absolute atomic E-state index is 0.139. The molecule has 1 spiro atoms. The molecule has 3 nitrogen and oxygen atoms in total. The Morgan fingerprint density at radius 2 is 2.21 bits per heavy atom. The third-order valence-electron chi connectivity index (χ3n) is 4.02. The Kier molecular flexibility index (Phi) is 2.82. The van der Waals surface area contributed by atoms with Gasteiger partial charge in [-0.1, -0.05) is 6.92 Å². The van der Waals surface area contributed by atoms with Gasteiger partial charge in [0, 0.05) is 12.8 Å². The first-order chi connectivity index (χ1) is 6.68. The third kappa shape index (κ3) is 1.95. The van der Waals surface area contributed by atoms with Crippen molar-refractivity contribution in [2.75, 3.05) is 26.2 Å². The second-order valence-corrected chi connectivity index (χ2v) is 5.22. The molecular weight excluding hydrogens is 176 g/mol. The van der Waals surface area contributed by atoms with E-state index in [2.05, 4.69) is 24.5 Å². The molecular formula is C11H24N2O+2.